The smallest absolute Gasteiger partial charge is 0.312 e. The number of ether oxygens (including phenoxy) is 1. The molecule has 0 bridgehead atoms. The van der Waals surface area contributed by atoms with Crippen LogP contribution in [0, 0.1) is 61.6 Å². The summed E-state index contributed by atoms with van der Waals surface area (Å²) in [6.07, 6.45) is 9.50. The van der Waals surface area contributed by atoms with Gasteiger partial charge in [0.05, 0.1) is 24.2 Å². The highest BCUT2D eigenvalue weighted by Gasteiger charge is 2.70. The lowest BCUT2D eigenvalue weighted by atomic mass is 9.34. The van der Waals surface area contributed by atoms with Crippen LogP contribution in [0.3, 0.4) is 0 Å². The van der Waals surface area contributed by atoms with Crippen LogP contribution < -0.4 is 0 Å². The van der Waals surface area contributed by atoms with Crippen LogP contribution in [0.4, 0.5) is 0 Å². The van der Waals surface area contributed by atoms with Crippen LogP contribution in [0.25, 0.3) is 0 Å². The molecule has 0 saturated heterocycles. The lowest BCUT2D eigenvalue weighted by Gasteiger charge is -2.70. The van der Waals surface area contributed by atoms with Gasteiger partial charge in [-0.3, -0.25) is 9.59 Å². The van der Waals surface area contributed by atoms with Gasteiger partial charge in [0, 0.05) is 10.8 Å². The van der Waals surface area contributed by atoms with Crippen molar-refractivity contribution in [2.24, 2.45) is 50.2 Å². The highest BCUT2D eigenvalue weighted by atomic mass is 16.5. The van der Waals surface area contributed by atoms with Crippen molar-refractivity contribution in [2.75, 3.05) is 7.11 Å². The minimum Gasteiger partial charge on any atom is -0.469 e. The number of nitrogens with zero attached hydrogens (tertiary/aromatic N) is 1. The van der Waals surface area contributed by atoms with Gasteiger partial charge in [0.1, 0.15) is 6.07 Å². The van der Waals surface area contributed by atoms with E-state index in [-0.39, 0.29) is 51.3 Å². The highest BCUT2D eigenvalue weighted by Crippen LogP contribution is 2.75. The number of fused-ring (bicyclic) bond motifs is 7. The molecule has 5 nitrogen and oxygen atoms in total. The van der Waals surface area contributed by atoms with E-state index in [4.69, 9.17) is 4.74 Å². The van der Waals surface area contributed by atoms with E-state index in [2.05, 4.69) is 46.8 Å². The second kappa shape index (κ2) is 7.81. The zero-order valence-electron chi connectivity index (χ0n) is 24.0. The fraction of sp³-hybridized carbons (Fsp3) is 0.781. The highest BCUT2D eigenvalue weighted by molar-refractivity contribution is 6.04. The number of hydrogen-bond donors (Lipinski definition) is 1. The number of Topliss-reactive ketones (excluding diaryl/α,β-unsaturated/α-hetero) is 1. The largest absolute Gasteiger partial charge is 0.469 e. The molecule has 5 rings (SSSR count). The Labute approximate surface area is 222 Å². The molecule has 202 valence electrons. The minimum absolute atomic E-state index is 0.0483. The summed E-state index contributed by atoms with van der Waals surface area (Å²) < 4.78 is 5.44. The van der Waals surface area contributed by atoms with Gasteiger partial charge in [-0.25, -0.2) is 0 Å². The van der Waals surface area contributed by atoms with Crippen molar-refractivity contribution in [3.63, 3.8) is 0 Å². The predicted octanol–water partition coefficient (Wildman–Crippen LogP) is 6.17. The lowest BCUT2D eigenvalue weighted by molar-refractivity contribution is -0.203. The number of rotatable bonds is 1. The number of nitriles is 1. The van der Waals surface area contributed by atoms with Gasteiger partial charge < -0.3 is 9.84 Å². The van der Waals surface area contributed by atoms with E-state index in [0.29, 0.717) is 0 Å². The molecule has 1 N–H and O–H groups in total. The van der Waals surface area contributed by atoms with E-state index in [0.717, 1.165) is 44.9 Å². The molecular weight excluding hydrogens is 462 g/mol. The van der Waals surface area contributed by atoms with Crippen LogP contribution in [0.5, 0.6) is 0 Å². The van der Waals surface area contributed by atoms with E-state index >= 15 is 0 Å². The van der Waals surface area contributed by atoms with Gasteiger partial charge >= 0.3 is 5.97 Å². The number of allylic oxidation sites excluding steroid dienone is 3. The third-order valence-corrected chi connectivity index (χ3v) is 12.6. The quantitative estimate of drug-likeness (QED) is 0.339. The van der Waals surface area contributed by atoms with Crippen molar-refractivity contribution in [3.05, 3.63) is 23.3 Å². The summed E-state index contributed by atoms with van der Waals surface area (Å²) in [7, 11) is 1.51. The summed E-state index contributed by atoms with van der Waals surface area (Å²) in [5.41, 5.74) is -0.536. The van der Waals surface area contributed by atoms with Crippen LogP contribution in [0.1, 0.15) is 93.4 Å². The van der Waals surface area contributed by atoms with Gasteiger partial charge in [0.2, 0.25) is 0 Å². The third-order valence-electron chi connectivity index (χ3n) is 12.6. The summed E-state index contributed by atoms with van der Waals surface area (Å²) in [6.45, 7) is 15.5. The molecule has 5 aliphatic carbocycles. The fourth-order valence-corrected chi connectivity index (χ4v) is 10.5. The SMILES string of the molecule is COC(=O)[C@]12CCC(C)(C)C[C@H]1[C@H]1C(O)C=C3[C@@]4(C)C=C(C#N)C(=O)C(C)(C)[C@@H]4CC[C@@]3(C)[C@]1(C)CC2. The Hall–Kier alpha value is -1.93. The molecule has 0 spiro atoms. The molecule has 0 heterocycles. The van der Waals surface area contributed by atoms with Crippen molar-refractivity contribution < 1.29 is 19.4 Å². The second-order valence-electron chi connectivity index (χ2n) is 15.1. The Bertz CT molecular complexity index is 1160. The summed E-state index contributed by atoms with van der Waals surface area (Å²) in [6, 6.07) is 2.19. The van der Waals surface area contributed by atoms with E-state index in [1.54, 1.807) is 0 Å². The maximum atomic E-state index is 13.4. The standard InChI is InChI=1S/C32H45NO4/c1-27(2)11-13-32(26(36)37-8)14-12-31(7)24(20(32)17-27)21(34)15-23-29(5)16-19(18-33)25(35)28(3,4)22(29)9-10-30(23,31)6/h15-16,20-22,24,34H,9-14,17H2,1-8H3/t20-,21?,22-,24-,29-,30+,31+,32-/m0/s1. The molecular formula is C32H45NO4. The maximum absolute atomic E-state index is 13.4. The molecule has 1 unspecified atom stereocenters. The average Bonchev–Trinajstić information content (AvgIpc) is 2.82. The molecule has 0 aromatic carbocycles. The minimum atomic E-state index is -0.688. The lowest BCUT2D eigenvalue weighted by Crippen LogP contribution is -2.66. The molecule has 0 aromatic heterocycles. The number of aliphatic hydroxyl groups is 1. The van der Waals surface area contributed by atoms with Gasteiger partial charge in [0.15, 0.2) is 5.78 Å². The first-order chi connectivity index (χ1) is 17.0. The van der Waals surface area contributed by atoms with Gasteiger partial charge in [-0.1, -0.05) is 66.2 Å². The third kappa shape index (κ3) is 3.17. The Balaban J connectivity index is 1.70. The first-order valence-electron chi connectivity index (χ1n) is 14.2. The molecule has 5 aliphatic rings. The van der Waals surface area contributed by atoms with Crippen molar-refractivity contribution in [1.29, 1.82) is 5.26 Å². The van der Waals surface area contributed by atoms with Gasteiger partial charge in [-0.05, 0) is 78.9 Å². The number of carbonyl (C=O) groups is 2. The van der Waals surface area contributed by atoms with Crippen LogP contribution in [0.15, 0.2) is 23.3 Å². The molecule has 0 radical (unpaired) electrons. The fourth-order valence-electron chi connectivity index (χ4n) is 10.5. The molecule has 3 fully saturated rings. The zero-order valence-corrected chi connectivity index (χ0v) is 24.0. The normalized spacial score (nSPS) is 47.6. The summed E-state index contributed by atoms with van der Waals surface area (Å²) >= 11 is 0. The molecule has 0 aliphatic heterocycles. The van der Waals surface area contributed by atoms with Crippen LogP contribution in [0.2, 0.25) is 0 Å². The van der Waals surface area contributed by atoms with Gasteiger partial charge in [-0.15, -0.1) is 0 Å². The first-order valence-corrected chi connectivity index (χ1v) is 14.2. The van der Waals surface area contributed by atoms with Crippen molar-refractivity contribution in [2.45, 2.75) is 99.5 Å². The second-order valence-corrected chi connectivity index (χ2v) is 15.1. The van der Waals surface area contributed by atoms with Crippen LogP contribution in [-0.2, 0) is 14.3 Å². The van der Waals surface area contributed by atoms with Gasteiger partial charge in [0.25, 0.3) is 0 Å². The zero-order chi connectivity index (χ0) is 27.4. The molecule has 37 heavy (non-hydrogen) atoms. The summed E-state index contributed by atoms with van der Waals surface area (Å²) in [5.74, 6) is -0.0969. The molecule has 0 aromatic rings. The van der Waals surface area contributed by atoms with E-state index in [1.165, 1.54) is 12.7 Å². The van der Waals surface area contributed by atoms with E-state index in [1.807, 2.05) is 19.9 Å². The van der Waals surface area contributed by atoms with Gasteiger partial charge in [-0.2, -0.15) is 5.26 Å². The number of hydrogen-bond acceptors (Lipinski definition) is 5. The van der Waals surface area contributed by atoms with E-state index in [9.17, 15) is 20.0 Å². The average molecular weight is 508 g/mol. The summed E-state index contributed by atoms with van der Waals surface area (Å²) in [5, 5.41) is 21.9. The van der Waals surface area contributed by atoms with Crippen molar-refractivity contribution in [1.82, 2.24) is 0 Å². The number of aliphatic hydroxyl groups excluding tert-OH is 1. The monoisotopic (exact) mass is 507 g/mol. The molecule has 8 atom stereocenters. The number of methoxy groups -OCH3 is 1. The molecule has 5 heteroatoms. The van der Waals surface area contributed by atoms with E-state index < -0.39 is 22.3 Å². The Morgan fingerprint density at radius 3 is 2.32 bits per heavy atom. The van der Waals surface area contributed by atoms with Crippen LogP contribution >= 0.6 is 0 Å². The van der Waals surface area contributed by atoms with Crippen molar-refractivity contribution >= 4 is 11.8 Å². The maximum Gasteiger partial charge on any atom is 0.312 e. The predicted molar refractivity (Wildman–Crippen MR) is 142 cm³/mol. The Morgan fingerprint density at radius 1 is 1.05 bits per heavy atom. The number of esters is 1. The topological polar surface area (TPSA) is 87.4 Å². The molecule has 0 amide bonds. The number of ketones is 1. The molecule has 3 saturated carbocycles. The van der Waals surface area contributed by atoms with Crippen molar-refractivity contribution in [3.8, 4) is 6.07 Å². The van der Waals surface area contributed by atoms with Crippen LogP contribution in [-0.4, -0.2) is 30.1 Å². The summed E-state index contributed by atoms with van der Waals surface area (Å²) in [4.78, 5) is 26.6. The Morgan fingerprint density at radius 2 is 1.70 bits per heavy atom. The first kappa shape index (κ1) is 26.7. The Kier molecular flexibility index (Phi) is 5.63. The number of carbonyl (C=O) groups excluding carboxylic acids is 2.